The van der Waals surface area contributed by atoms with Crippen LogP contribution in [-0.4, -0.2) is 36.1 Å². The van der Waals surface area contributed by atoms with Crippen LogP contribution in [0.4, 0.5) is 23.1 Å². The summed E-state index contributed by atoms with van der Waals surface area (Å²) in [6.07, 6.45) is 3.45. The molecule has 0 fully saturated rings. The van der Waals surface area contributed by atoms with Gasteiger partial charge in [0.2, 0.25) is 5.95 Å². The van der Waals surface area contributed by atoms with Crippen LogP contribution in [0.5, 0.6) is 0 Å². The minimum absolute atomic E-state index is 0.0157. The molecule has 1 aliphatic heterocycles. The predicted octanol–water partition coefficient (Wildman–Crippen LogP) is 5.58. The van der Waals surface area contributed by atoms with Crippen LogP contribution in [-0.2, 0) is 9.98 Å². The van der Waals surface area contributed by atoms with Crippen molar-refractivity contribution in [2.24, 2.45) is 4.99 Å². The van der Waals surface area contributed by atoms with E-state index in [1.807, 2.05) is 42.6 Å². The number of para-hydroxylation sites is 1. The van der Waals surface area contributed by atoms with Crippen molar-refractivity contribution >= 4 is 53.4 Å². The lowest BCUT2D eigenvalue weighted by molar-refractivity contribution is 0.534. The molecule has 1 aliphatic rings. The molecule has 31 heavy (non-hydrogen) atoms. The molecule has 0 radical (unpaired) electrons. The first-order valence-corrected chi connectivity index (χ1v) is 13.0. The Labute approximate surface area is 187 Å². The molecule has 8 heteroatoms. The fourth-order valence-electron chi connectivity index (χ4n) is 3.64. The monoisotopic (exact) mass is 453 g/mol. The van der Waals surface area contributed by atoms with Crippen LogP contribution in [0.3, 0.4) is 0 Å². The Hall–Kier alpha value is -2.69. The van der Waals surface area contributed by atoms with Crippen molar-refractivity contribution in [3.63, 3.8) is 0 Å². The van der Waals surface area contributed by atoms with Gasteiger partial charge in [-0.25, -0.2) is 4.98 Å². The third-order valence-electron chi connectivity index (χ3n) is 5.24. The van der Waals surface area contributed by atoms with Crippen LogP contribution in [0.2, 0.25) is 5.02 Å². The zero-order valence-corrected chi connectivity index (χ0v) is 19.6. The Bertz CT molecular complexity index is 1220. The molecule has 0 bridgehead atoms. The van der Waals surface area contributed by atoms with Gasteiger partial charge in [-0.3, -0.25) is 4.99 Å². The number of aliphatic imine (C=N–C) groups is 1. The Morgan fingerprint density at radius 2 is 1.87 bits per heavy atom. The van der Waals surface area contributed by atoms with E-state index in [1.54, 1.807) is 19.5 Å². The van der Waals surface area contributed by atoms with Gasteiger partial charge in [0.05, 0.1) is 11.9 Å². The highest BCUT2D eigenvalue weighted by atomic mass is 35.5. The van der Waals surface area contributed by atoms with Gasteiger partial charge in [0, 0.05) is 29.2 Å². The molecule has 0 saturated heterocycles. The van der Waals surface area contributed by atoms with E-state index in [0.29, 0.717) is 16.8 Å². The zero-order valence-electron chi connectivity index (χ0n) is 18.0. The third kappa shape index (κ3) is 4.65. The summed E-state index contributed by atoms with van der Waals surface area (Å²) in [4.78, 5) is 13.3. The van der Waals surface area contributed by atoms with Crippen LogP contribution < -0.4 is 15.9 Å². The first kappa shape index (κ1) is 21.5. The van der Waals surface area contributed by atoms with Crippen LogP contribution in [0.15, 0.2) is 53.7 Å². The van der Waals surface area contributed by atoms with Gasteiger partial charge < -0.3 is 15.2 Å². The number of halogens is 1. The highest BCUT2D eigenvalue weighted by molar-refractivity contribution is 7.70. The van der Waals surface area contributed by atoms with E-state index in [-0.39, 0.29) is 5.41 Å². The van der Waals surface area contributed by atoms with Gasteiger partial charge in [-0.15, -0.1) is 0 Å². The zero-order chi connectivity index (χ0) is 22.2. The number of rotatable bonds is 5. The van der Waals surface area contributed by atoms with Crippen molar-refractivity contribution in [2.45, 2.75) is 19.3 Å². The highest BCUT2D eigenvalue weighted by Gasteiger charge is 2.25. The van der Waals surface area contributed by atoms with Crippen molar-refractivity contribution < 1.29 is 4.57 Å². The van der Waals surface area contributed by atoms with E-state index in [9.17, 15) is 4.57 Å². The van der Waals surface area contributed by atoms with E-state index in [4.69, 9.17) is 11.6 Å². The van der Waals surface area contributed by atoms with Gasteiger partial charge in [0.1, 0.15) is 12.2 Å². The average molecular weight is 454 g/mol. The molecule has 0 saturated carbocycles. The molecular formula is C23H25ClN5OP. The van der Waals surface area contributed by atoms with Crippen molar-refractivity contribution in [3.8, 4) is 0 Å². The summed E-state index contributed by atoms with van der Waals surface area (Å²) >= 11 is 6.34. The maximum absolute atomic E-state index is 12.7. The molecule has 2 aromatic carbocycles. The Morgan fingerprint density at radius 1 is 1.10 bits per heavy atom. The first-order chi connectivity index (χ1) is 14.6. The van der Waals surface area contributed by atoms with E-state index in [0.717, 1.165) is 28.8 Å². The van der Waals surface area contributed by atoms with Gasteiger partial charge in [-0.2, -0.15) is 4.98 Å². The summed E-state index contributed by atoms with van der Waals surface area (Å²) in [6.45, 7) is 8.65. The van der Waals surface area contributed by atoms with Gasteiger partial charge in [-0.1, -0.05) is 43.6 Å². The third-order valence-corrected chi connectivity index (χ3v) is 7.06. The number of nitrogens with one attached hydrogen (secondary N) is 2. The molecule has 6 nitrogen and oxygen atoms in total. The molecule has 0 amide bonds. The number of benzene rings is 2. The van der Waals surface area contributed by atoms with Crippen molar-refractivity contribution in [1.82, 2.24) is 9.97 Å². The maximum atomic E-state index is 12.7. The fourth-order valence-corrected chi connectivity index (χ4v) is 4.94. The van der Waals surface area contributed by atoms with Gasteiger partial charge >= 0.3 is 0 Å². The molecule has 4 rings (SSSR count). The quantitative estimate of drug-likeness (QED) is 0.493. The number of anilines is 4. The molecule has 3 aromatic rings. The lowest BCUT2D eigenvalue weighted by atomic mass is 9.80. The van der Waals surface area contributed by atoms with Crippen LogP contribution in [0.25, 0.3) is 0 Å². The number of nitrogens with zero attached hydrogens (tertiary/aromatic N) is 3. The molecule has 1 aromatic heterocycles. The van der Waals surface area contributed by atoms with E-state index in [2.05, 4.69) is 45.5 Å². The summed E-state index contributed by atoms with van der Waals surface area (Å²) in [5, 5.41) is 7.58. The molecule has 0 unspecified atom stereocenters. The summed E-state index contributed by atoms with van der Waals surface area (Å²) in [7, 11) is -2.47. The van der Waals surface area contributed by atoms with Crippen LogP contribution in [0.1, 0.15) is 25.0 Å². The largest absolute Gasteiger partial charge is 0.338 e. The summed E-state index contributed by atoms with van der Waals surface area (Å²) in [5.74, 6) is 0.855. The normalized spacial score (nSPS) is 14.7. The minimum atomic E-state index is -2.47. The molecule has 2 N–H and O–H groups in total. The van der Waals surface area contributed by atoms with E-state index >= 15 is 0 Å². The first-order valence-electron chi connectivity index (χ1n) is 9.99. The number of aromatic nitrogens is 2. The van der Waals surface area contributed by atoms with Crippen molar-refractivity contribution in [2.75, 3.05) is 30.5 Å². The molecule has 0 spiro atoms. The molecule has 0 aliphatic carbocycles. The van der Waals surface area contributed by atoms with E-state index in [1.165, 1.54) is 5.56 Å². The van der Waals surface area contributed by atoms with Crippen LogP contribution >= 0.6 is 18.7 Å². The predicted molar refractivity (Wildman–Crippen MR) is 131 cm³/mol. The fraction of sp³-hybridized carbons (Fsp3) is 0.261. The molecular weight excluding hydrogens is 429 g/mol. The smallest absolute Gasteiger partial charge is 0.229 e. The SMILES string of the molecule is CC1(C)CN=Cc2cc(Nc3ncc(Cl)c(Nc4ccccc4P(C)(C)=O)n3)ccc21. The number of hydrogen-bond donors (Lipinski definition) is 2. The Balaban J connectivity index is 1.62. The number of hydrogen-bond acceptors (Lipinski definition) is 6. The lowest BCUT2D eigenvalue weighted by Crippen LogP contribution is -2.26. The standard InChI is InChI=1S/C23H25ClN5OP/c1-23(2)14-25-12-15-11-16(9-10-17(15)23)27-22-26-13-18(24)21(29-22)28-19-7-5-6-8-20(19)31(3,4)30/h5-13H,14H2,1-4H3,(H2,26,27,28,29). The molecule has 0 atom stereocenters. The summed E-state index contributed by atoms with van der Waals surface area (Å²) in [5.41, 5.74) is 3.96. The van der Waals surface area contributed by atoms with Crippen LogP contribution in [0, 0.1) is 0 Å². The van der Waals surface area contributed by atoms with E-state index < -0.39 is 7.14 Å². The second kappa shape index (κ2) is 8.10. The number of fused-ring (bicyclic) bond motifs is 1. The maximum Gasteiger partial charge on any atom is 0.229 e. The summed E-state index contributed by atoms with van der Waals surface area (Å²) < 4.78 is 12.7. The van der Waals surface area contributed by atoms with Crippen molar-refractivity contribution in [3.05, 3.63) is 64.8 Å². The minimum Gasteiger partial charge on any atom is -0.338 e. The summed E-state index contributed by atoms with van der Waals surface area (Å²) in [6, 6.07) is 13.7. The highest BCUT2D eigenvalue weighted by Crippen LogP contribution is 2.38. The molecule has 2 heterocycles. The second-order valence-electron chi connectivity index (χ2n) is 8.66. The Morgan fingerprint density at radius 3 is 2.65 bits per heavy atom. The lowest BCUT2D eigenvalue weighted by Gasteiger charge is -2.28. The Kier molecular flexibility index (Phi) is 5.63. The average Bonchev–Trinajstić information content (AvgIpc) is 2.70. The van der Waals surface area contributed by atoms with Crippen molar-refractivity contribution in [1.29, 1.82) is 0 Å². The van der Waals surface area contributed by atoms with Gasteiger partial charge in [0.15, 0.2) is 5.82 Å². The van der Waals surface area contributed by atoms with Gasteiger partial charge in [0.25, 0.3) is 0 Å². The topological polar surface area (TPSA) is 79.3 Å². The second-order valence-corrected chi connectivity index (χ2v) is 12.3. The molecule has 160 valence electrons. The van der Waals surface area contributed by atoms with Gasteiger partial charge in [-0.05, 0) is 48.7 Å².